The van der Waals surface area contributed by atoms with Gasteiger partial charge in [-0.2, -0.15) is 0 Å². The van der Waals surface area contributed by atoms with Crippen LogP contribution < -0.4 is 5.73 Å². The highest BCUT2D eigenvalue weighted by atomic mass is 35.5. The van der Waals surface area contributed by atoms with Crippen molar-refractivity contribution in [3.8, 4) is 11.5 Å². The molecule has 0 radical (unpaired) electrons. The zero-order valence-electron chi connectivity index (χ0n) is 9.50. The summed E-state index contributed by atoms with van der Waals surface area (Å²) in [5.41, 5.74) is 6.73. The molecule has 2 rings (SSSR count). The van der Waals surface area contributed by atoms with Gasteiger partial charge in [0.2, 0.25) is 0 Å². The molecule has 0 aliphatic carbocycles. The molecule has 0 saturated carbocycles. The maximum atomic E-state index is 9.74. The smallest absolute Gasteiger partial charge is 0.162 e. The van der Waals surface area contributed by atoms with E-state index in [4.69, 9.17) is 10.5 Å². The molecule has 17 heavy (non-hydrogen) atoms. The van der Waals surface area contributed by atoms with Gasteiger partial charge in [0.15, 0.2) is 11.5 Å². The Bertz CT molecular complexity index is 367. The molecule has 1 aromatic carbocycles. The lowest BCUT2D eigenvalue weighted by Crippen LogP contribution is -2.27. The SMILES string of the molecule is Cl.N[C@H](c1cccc(O)c1O)C1CCOCC1. The van der Waals surface area contributed by atoms with Crippen LogP contribution in [0.4, 0.5) is 0 Å². The fraction of sp³-hybridized carbons (Fsp3) is 0.500. The number of rotatable bonds is 2. The van der Waals surface area contributed by atoms with Gasteiger partial charge in [-0.05, 0) is 24.8 Å². The van der Waals surface area contributed by atoms with Crippen LogP contribution in [-0.2, 0) is 4.74 Å². The van der Waals surface area contributed by atoms with Gasteiger partial charge in [0, 0.05) is 24.8 Å². The minimum absolute atomic E-state index is 0. The van der Waals surface area contributed by atoms with Crippen LogP contribution in [0.15, 0.2) is 18.2 Å². The van der Waals surface area contributed by atoms with Gasteiger partial charge in [-0.15, -0.1) is 12.4 Å². The van der Waals surface area contributed by atoms with Crippen LogP contribution in [-0.4, -0.2) is 23.4 Å². The summed E-state index contributed by atoms with van der Waals surface area (Å²) in [5.74, 6) is 0.1000. The van der Waals surface area contributed by atoms with E-state index in [9.17, 15) is 10.2 Å². The minimum Gasteiger partial charge on any atom is -0.504 e. The van der Waals surface area contributed by atoms with Gasteiger partial charge >= 0.3 is 0 Å². The van der Waals surface area contributed by atoms with E-state index in [0.29, 0.717) is 11.5 Å². The Balaban J connectivity index is 0.00000144. The van der Waals surface area contributed by atoms with E-state index in [-0.39, 0.29) is 29.9 Å². The van der Waals surface area contributed by atoms with Crippen LogP contribution in [0.1, 0.15) is 24.4 Å². The Morgan fingerprint density at radius 1 is 1.24 bits per heavy atom. The number of ether oxygens (including phenoxy) is 1. The van der Waals surface area contributed by atoms with Gasteiger partial charge in [0.1, 0.15) is 0 Å². The molecular weight excluding hydrogens is 242 g/mol. The molecule has 4 N–H and O–H groups in total. The Labute approximate surface area is 107 Å². The van der Waals surface area contributed by atoms with Gasteiger partial charge in [-0.1, -0.05) is 12.1 Å². The molecule has 4 nitrogen and oxygen atoms in total. The quantitative estimate of drug-likeness (QED) is 0.710. The van der Waals surface area contributed by atoms with E-state index in [1.165, 1.54) is 6.07 Å². The molecule has 1 heterocycles. The summed E-state index contributed by atoms with van der Waals surface area (Å²) in [7, 11) is 0. The predicted octanol–water partition coefficient (Wildman–Crippen LogP) is 1.95. The fourth-order valence-electron chi connectivity index (χ4n) is 2.15. The van der Waals surface area contributed by atoms with Crippen LogP contribution in [0.5, 0.6) is 11.5 Å². The highest BCUT2D eigenvalue weighted by Crippen LogP contribution is 2.37. The van der Waals surface area contributed by atoms with Crippen LogP contribution in [0.2, 0.25) is 0 Å². The third-order valence-electron chi connectivity index (χ3n) is 3.18. The first-order chi connectivity index (χ1) is 7.70. The largest absolute Gasteiger partial charge is 0.504 e. The number of aromatic hydroxyl groups is 2. The average molecular weight is 260 g/mol. The zero-order valence-corrected chi connectivity index (χ0v) is 10.3. The van der Waals surface area contributed by atoms with Crippen LogP contribution in [0.3, 0.4) is 0 Å². The lowest BCUT2D eigenvalue weighted by Gasteiger charge is -2.28. The second-order valence-electron chi connectivity index (χ2n) is 4.19. The molecule has 1 aliphatic rings. The van der Waals surface area contributed by atoms with Gasteiger partial charge in [-0.25, -0.2) is 0 Å². The van der Waals surface area contributed by atoms with E-state index in [0.717, 1.165) is 26.1 Å². The van der Waals surface area contributed by atoms with E-state index < -0.39 is 0 Å². The van der Waals surface area contributed by atoms with Crippen molar-refractivity contribution < 1.29 is 14.9 Å². The molecule has 1 aliphatic heterocycles. The Kier molecular flexibility index (Phi) is 5.05. The highest BCUT2D eigenvalue weighted by Gasteiger charge is 2.24. The molecule has 0 aromatic heterocycles. The number of phenols is 2. The molecule has 0 unspecified atom stereocenters. The Morgan fingerprint density at radius 2 is 1.88 bits per heavy atom. The number of halogens is 1. The van der Waals surface area contributed by atoms with Gasteiger partial charge in [-0.3, -0.25) is 0 Å². The topological polar surface area (TPSA) is 75.7 Å². The summed E-state index contributed by atoms with van der Waals surface area (Å²) < 4.78 is 5.27. The molecule has 0 spiro atoms. The van der Waals surface area contributed by atoms with Crippen molar-refractivity contribution in [3.05, 3.63) is 23.8 Å². The molecule has 0 bridgehead atoms. The number of nitrogens with two attached hydrogens (primary N) is 1. The Hall–Kier alpha value is -0.970. The molecule has 1 saturated heterocycles. The maximum Gasteiger partial charge on any atom is 0.162 e. The van der Waals surface area contributed by atoms with Crippen molar-refractivity contribution in [2.24, 2.45) is 11.7 Å². The number of phenolic OH excluding ortho intramolecular Hbond substituents is 2. The second-order valence-corrected chi connectivity index (χ2v) is 4.19. The molecular formula is C12H18ClNO3. The molecule has 0 amide bonds. The van der Waals surface area contributed by atoms with Crippen molar-refractivity contribution in [1.29, 1.82) is 0 Å². The first-order valence-corrected chi connectivity index (χ1v) is 5.54. The van der Waals surface area contributed by atoms with Gasteiger partial charge in [0.25, 0.3) is 0 Å². The average Bonchev–Trinajstić information content (AvgIpc) is 2.33. The van der Waals surface area contributed by atoms with Crippen molar-refractivity contribution in [2.45, 2.75) is 18.9 Å². The molecule has 1 aromatic rings. The van der Waals surface area contributed by atoms with Crippen molar-refractivity contribution in [3.63, 3.8) is 0 Å². The summed E-state index contributed by atoms with van der Waals surface area (Å²) in [5, 5.41) is 19.2. The summed E-state index contributed by atoms with van der Waals surface area (Å²) >= 11 is 0. The van der Waals surface area contributed by atoms with E-state index in [1.54, 1.807) is 12.1 Å². The number of hydrogen-bond donors (Lipinski definition) is 3. The Morgan fingerprint density at radius 3 is 2.53 bits per heavy atom. The van der Waals surface area contributed by atoms with E-state index in [1.807, 2.05) is 0 Å². The van der Waals surface area contributed by atoms with Gasteiger partial charge < -0.3 is 20.7 Å². The fourth-order valence-corrected chi connectivity index (χ4v) is 2.15. The van der Waals surface area contributed by atoms with E-state index >= 15 is 0 Å². The molecule has 1 fully saturated rings. The van der Waals surface area contributed by atoms with Crippen LogP contribution >= 0.6 is 12.4 Å². The monoisotopic (exact) mass is 259 g/mol. The summed E-state index contributed by atoms with van der Waals surface area (Å²) in [4.78, 5) is 0. The zero-order chi connectivity index (χ0) is 11.5. The number of hydrogen-bond acceptors (Lipinski definition) is 4. The number of para-hydroxylation sites is 1. The maximum absolute atomic E-state index is 9.74. The molecule has 96 valence electrons. The molecule has 1 atom stereocenters. The second kappa shape index (κ2) is 6.10. The minimum atomic E-state index is -0.240. The standard InChI is InChI=1S/C12H17NO3.ClH/c13-11(8-4-6-16-7-5-8)9-2-1-3-10(14)12(9)15;/h1-3,8,11,14-15H,4-7,13H2;1H/t11-;/m0./s1. The first kappa shape index (κ1) is 14.1. The highest BCUT2D eigenvalue weighted by molar-refractivity contribution is 5.85. The molecule has 5 heteroatoms. The predicted molar refractivity (Wildman–Crippen MR) is 67.5 cm³/mol. The van der Waals surface area contributed by atoms with Gasteiger partial charge in [0.05, 0.1) is 0 Å². The van der Waals surface area contributed by atoms with Crippen LogP contribution in [0.25, 0.3) is 0 Å². The lowest BCUT2D eigenvalue weighted by atomic mass is 9.87. The number of benzene rings is 1. The van der Waals surface area contributed by atoms with Crippen molar-refractivity contribution in [2.75, 3.05) is 13.2 Å². The van der Waals surface area contributed by atoms with E-state index in [2.05, 4.69) is 0 Å². The third kappa shape index (κ3) is 3.03. The normalized spacial score (nSPS) is 18.4. The van der Waals surface area contributed by atoms with Crippen LogP contribution in [0, 0.1) is 5.92 Å². The third-order valence-corrected chi connectivity index (χ3v) is 3.18. The summed E-state index contributed by atoms with van der Waals surface area (Å²) in [6, 6.07) is 4.67. The first-order valence-electron chi connectivity index (χ1n) is 5.54. The lowest BCUT2D eigenvalue weighted by molar-refractivity contribution is 0.0581. The summed E-state index contributed by atoms with van der Waals surface area (Å²) in [6.07, 6.45) is 1.80. The van der Waals surface area contributed by atoms with Crippen molar-refractivity contribution in [1.82, 2.24) is 0 Å². The summed E-state index contributed by atoms with van der Waals surface area (Å²) in [6.45, 7) is 1.44. The van der Waals surface area contributed by atoms with Crippen molar-refractivity contribution >= 4 is 12.4 Å².